The molecule has 0 unspecified atom stereocenters. The molecule has 2 rings (SSSR count). The van der Waals surface area contributed by atoms with Gasteiger partial charge in [-0.3, -0.25) is 0 Å². The van der Waals surface area contributed by atoms with E-state index in [9.17, 15) is 0 Å². The predicted octanol–water partition coefficient (Wildman–Crippen LogP) is 2.29. The molecule has 0 saturated carbocycles. The average molecular weight is 245 g/mol. The molecule has 0 aliphatic rings. The van der Waals surface area contributed by atoms with Gasteiger partial charge in [0.1, 0.15) is 12.0 Å². The summed E-state index contributed by atoms with van der Waals surface area (Å²) >= 11 is 0. The highest BCUT2D eigenvalue weighted by molar-refractivity contribution is 5.56. The van der Waals surface area contributed by atoms with Gasteiger partial charge < -0.3 is 4.90 Å². The number of aromatic nitrogens is 4. The highest BCUT2D eigenvalue weighted by atomic mass is 15.3. The molecule has 0 aliphatic carbocycles. The summed E-state index contributed by atoms with van der Waals surface area (Å²) in [5, 5.41) is 4.25. The van der Waals surface area contributed by atoms with Gasteiger partial charge in [-0.1, -0.05) is 13.8 Å². The zero-order valence-corrected chi connectivity index (χ0v) is 11.0. The molecule has 5 nitrogen and oxygen atoms in total. The molecule has 96 valence electrons. The van der Waals surface area contributed by atoms with E-state index in [0.29, 0.717) is 0 Å². The lowest BCUT2D eigenvalue weighted by molar-refractivity contribution is 0.728. The first-order valence-corrected chi connectivity index (χ1v) is 6.41. The number of hydrogen-bond acceptors (Lipinski definition) is 4. The Kier molecular flexibility index (Phi) is 4.28. The van der Waals surface area contributed by atoms with Crippen LogP contribution in [0.5, 0.6) is 0 Å². The maximum absolute atomic E-state index is 4.35. The second kappa shape index (κ2) is 6.14. The summed E-state index contributed by atoms with van der Waals surface area (Å²) in [5.74, 6) is 0.844. The van der Waals surface area contributed by atoms with Crippen LogP contribution in [0.4, 0.5) is 5.69 Å². The van der Waals surface area contributed by atoms with Crippen LogP contribution in [0, 0.1) is 0 Å². The van der Waals surface area contributed by atoms with Crippen molar-refractivity contribution in [3.63, 3.8) is 0 Å². The van der Waals surface area contributed by atoms with E-state index >= 15 is 0 Å². The lowest BCUT2D eigenvalue weighted by Crippen LogP contribution is -2.26. The van der Waals surface area contributed by atoms with Crippen LogP contribution in [-0.2, 0) is 0 Å². The first-order chi connectivity index (χ1) is 8.86. The first kappa shape index (κ1) is 12.5. The summed E-state index contributed by atoms with van der Waals surface area (Å²) in [6, 6.07) is 1.90. The van der Waals surface area contributed by atoms with E-state index < -0.39 is 0 Å². The fourth-order valence-corrected chi connectivity index (χ4v) is 2.00. The second-order valence-corrected chi connectivity index (χ2v) is 4.17. The minimum absolute atomic E-state index is 0.844. The van der Waals surface area contributed by atoms with Crippen LogP contribution in [-0.4, -0.2) is 32.8 Å². The van der Waals surface area contributed by atoms with E-state index in [2.05, 4.69) is 33.8 Å². The van der Waals surface area contributed by atoms with Gasteiger partial charge in [0, 0.05) is 25.5 Å². The van der Waals surface area contributed by atoms with E-state index in [1.54, 1.807) is 17.2 Å². The predicted molar refractivity (Wildman–Crippen MR) is 71.9 cm³/mol. The Morgan fingerprint density at radius 3 is 2.61 bits per heavy atom. The summed E-state index contributed by atoms with van der Waals surface area (Å²) in [6.07, 6.45) is 9.31. The van der Waals surface area contributed by atoms with Crippen molar-refractivity contribution in [1.82, 2.24) is 19.7 Å². The van der Waals surface area contributed by atoms with Crippen LogP contribution >= 0.6 is 0 Å². The van der Waals surface area contributed by atoms with Crippen molar-refractivity contribution in [2.24, 2.45) is 0 Å². The van der Waals surface area contributed by atoms with Gasteiger partial charge in [0.15, 0.2) is 5.82 Å². The summed E-state index contributed by atoms with van der Waals surface area (Å²) in [7, 11) is 0. The largest absolute Gasteiger partial charge is 0.367 e. The molecule has 0 fully saturated rings. The summed E-state index contributed by atoms with van der Waals surface area (Å²) < 4.78 is 1.79. The SMILES string of the molecule is CCCN(CCC)c1cncnc1-n1cccn1. The molecule has 0 aliphatic heterocycles. The van der Waals surface area contributed by atoms with Crippen LogP contribution in [0.25, 0.3) is 5.82 Å². The third-order valence-corrected chi connectivity index (χ3v) is 2.72. The van der Waals surface area contributed by atoms with Crippen LogP contribution in [0.1, 0.15) is 26.7 Å². The quantitative estimate of drug-likeness (QED) is 0.783. The molecule has 5 heteroatoms. The number of rotatable bonds is 6. The van der Waals surface area contributed by atoms with E-state index in [-0.39, 0.29) is 0 Å². The molecular formula is C13H19N5. The van der Waals surface area contributed by atoms with Crippen molar-refractivity contribution >= 4 is 5.69 Å². The fraction of sp³-hybridized carbons (Fsp3) is 0.462. The smallest absolute Gasteiger partial charge is 0.180 e. The standard InChI is InChI=1S/C13H19N5/c1-3-7-17(8-4-2)12-10-14-11-15-13(12)18-9-5-6-16-18/h5-6,9-11H,3-4,7-8H2,1-2H3. The summed E-state index contributed by atoms with van der Waals surface area (Å²) in [6.45, 7) is 6.38. The minimum Gasteiger partial charge on any atom is -0.367 e. The van der Waals surface area contributed by atoms with Crippen LogP contribution < -0.4 is 4.90 Å². The molecule has 0 aromatic carbocycles. The average Bonchev–Trinajstić information content (AvgIpc) is 2.92. The highest BCUT2D eigenvalue weighted by Crippen LogP contribution is 2.20. The molecule has 0 spiro atoms. The van der Waals surface area contributed by atoms with E-state index in [1.165, 1.54) is 0 Å². The number of anilines is 1. The van der Waals surface area contributed by atoms with Gasteiger partial charge in [0.2, 0.25) is 0 Å². The summed E-state index contributed by atoms with van der Waals surface area (Å²) in [4.78, 5) is 10.8. The Morgan fingerprint density at radius 1 is 1.22 bits per heavy atom. The minimum atomic E-state index is 0.844. The van der Waals surface area contributed by atoms with Gasteiger partial charge in [-0.15, -0.1) is 0 Å². The van der Waals surface area contributed by atoms with Crippen molar-refractivity contribution in [3.8, 4) is 5.82 Å². The lowest BCUT2D eigenvalue weighted by Gasteiger charge is -2.24. The van der Waals surface area contributed by atoms with Crippen molar-refractivity contribution in [3.05, 3.63) is 31.0 Å². The Morgan fingerprint density at radius 2 is 2.00 bits per heavy atom. The Bertz CT molecular complexity index is 460. The van der Waals surface area contributed by atoms with Crippen LogP contribution in [0.3, 0.4) is 0 Å². The molecule has 0 bridgehead atoms. The van der Waals surface area contributed by atoms with Gasteiger partial charge in [-0.05, 0) is 18.9 Å². The second-order valence-electron chi connectivity index (χ2n) is 4.17. The van der Waals surface area contributed by atoms with Crippen molar-refractivity contribution in [1.29, 1.82) is 0 Å². The topological polar surface area (TPSA) is 46.8 Å². The van der Waals surface area contributed by atoms with Crippen molar-refractivity contribution in [2.75, 3.05) is 18.0 Å². The maximum atomic E-state index is 4.35. The zero-order valence-electron chi connectivity index (χ0n) is 11.0. The molecule has 0 saturated heterocycles. The number of nitrogens with zero attached hydrogens (tertiary/aromatic N) is 5. The third-order valence-electron chi connectivity index (χ3n) is 2.72. The Hall–Kier alpha value is -1.91. The van der Waals surface area contributed by atoms with Gasteiger partial charge in [-0.2, -0.15) is 5.10 Å². The molecule has 2 aromatic heterocycles. The van der Waals surface area contributed by atoms with Gasteiger partial charge in [0.05, 0.1) is 6.20 Å². The van der Waals surface area contributed by atoms with E-state index in [4.69, 9.17) is 0 Å². The van der Waals surface area contributed by atoms with Gasteiger partial charge >= 0.3 is 0 Å². The lowest BCUT2D eigenvalue weighted by atomic mass is 10.3. The monoisotopic (exact) mass is 245 g/mol. The molecule has 0 atom stereocenters. The molecule has 2 aromatic rings. The van der Waals surface area contributed by atoms with Crippen LogP contribution in [0.15, 0.2) is 31.0 Å². The normalized spacial score (nSPS) is 10.6. The molecule has 0 amide bonds. The molecule has 0 N–H and O–H groups in total. The molecule has 18 heavy (non-hydrogen) atoms. The van der Waals surface area contributed by atoms with Gasteiger partial charge in [-0.25, -0.2) is 14.6 Å². The molecule has 0 radical (unpaired) electrons. The Labute approximate surface area is 107 Å². The number of hydrogen-bond donors (Lipinski definition) is 0. The van der Waals surface area contributed by atoms with E-state index in [1.807, 2.05) is 18.5 Å². The fourth-order valence-electron chi connectivity index (χ4n) is 2.00. The van der Waals surface area contributed by atoms with E-state index in [0.717, 1.165) is 37.4 Å². The summed E-state index contributed by atoms with van der Waals surface area (Å²) in [5.41, 5.74) is 1.05. The Balaban J connectivity index is 2.36. The third kappa shape index (κ3) is 2.67. The molecule has 2 heterocycles. The van der Waals surface area contributed by atoms with Crippen LogP contribution in [0.2, 0.25) is 0 Å². The molecular weight excluding hydrogens is 226 g/mol. The first-order valence-electron chi connectivity index (χ1n) is 6.41. The van der Waals surface area contributed by atoms with Crippen molar-refractivity contribution < 1.29 is 0 Å². The highest BCUT2D eigenvalue weighted by Gasteiger charge is 2.12. The zero-order chi connectivity index (χ0) is 12.8. The maximum Gasteiger partial charge on any atom is 0.180 e. The van der Waals surface area contributed by atoms with Gasteiger partial charge in [0.25, 0.3) is 0 Å². The van der Waals surface area contributed by atoms with Crippen molar-refractivity contribution in [2.45, 2.75) is 26.7 Å².